The number of rotatable bonds is 7. The monoisotopic (exact) mass is 615 g/mol. The maximum atomic E-state index is 13.9. The summed E-state index contributed by atoms with van der Waals surface area (Å²) in [5.74, 6) is 2.61. The van der Waals surface area contributed by atoms with Crippen LogP contribution >= 0.6 is 11.3 Å². The summed E-state index contributed by atoms with van der Waals surface area (Å²) >= 11 is 1.57. The summed E-state index contributed by atoms with van der Waals surface area (Å²) in [7, 11) is 3.52. The average Bonchev–Trinajstić information content (AvgIpc) is 3.37. The van der Waals surface area contributed by atoms with E-state index in [1.54, 1.807) is 18.4 Å². The van der Waals surface area contributed by atoms with Crippen molar-refractivity contribution >= 4 is 34.6 Å². The second kappa shape index (κ2) is 13.1. The molecule has 232 valence electrons. The van der Waals surface area contributed by atoms with Crippen molar-refractivity contribution in [2.24, 2.45) is 23.7 Å². The van der Waals surface area contributed by atoms with E-state index in [2.05, 4.69) is 37.5 Å². The molecule has 0 N–H and O–H groups in total. The fourth-order valence-electron chi connectivity index (χ4n) is 6.47. The standard InChI is InChI=1S/C35H41N3O5S/c1-21(2)31-19-44-34(37-31)30-18-33(26-11-10-24(41-4)17-29(26)36-30)43-25-15-27-28(16-25)35(40)38(3)12-8-6-5-7-9-22-13-23(22)14-32(27)42-20-39/h7,9-11,14,17-23,25,27-28H,5-6,8,12-13,15-16H2,1-4H3/b9-7-,32-14+/t22-,23?,25-,27-,28-/m1/s1. The molecule has 6 rings (SSSR count). The van der Waals surface area contributed by atoms with Crippen LogP contribution in [0.25, 0.3) is 21.6 Å². The average molecular weight is 616 g/mol. The van der Waals surface area contributed by atoms with E-state index in [1.807, 2.05) is 36.2 Å². The third-order valence-electron chi connectivity index (χ3n) is 9.13. The Hall–Kier alpha value is -3.72. The highest BCUT2D eigenvalue weighted by Crippen LogP contribution is 2.46. The highest BCUT2D eigenvalue weighted by Gasteiger charge is 2.45. The predicted octanol–water partition coefficient (Wildman–Crippen LogP) is 7.16. The molecule has 1 unspecified atom stereocenters. The van der Waals surface area contributed by atoms with Crippen molar-refractivity contribution in [3.8, 4) is 22.2 Å². The summed E-state index contributed by atoms with van der Waals surface area (Å²) in [5, 5.41) is 3.77. The molecule has 0 spiro atoms. The summed E-state index contributed by atoms with van der Waals surface area (Å²) in [6.07, 6.45) is 11.6. The van der Waals surface area contributed by atoms with Crippen LogP contribution in [0, 0.1) is 23.7 Å². The third-order valence-corrected chi connectivity index (χ3v) is 10.0. The summed E-state index contributed by atoms with van der Waals surface area (Å²) in [6, 6.07) is 7.74. The molecule has 2 aliphatic carbocycles. The maximum Gasteiger partial charge on any atom is 0.298 e. The van der Waals surface area contributed by atoms with Crippen molar-refractivity contribution in [1.82, 2.24) is 14.9 Å². The maximum absolute atomic E-state index is 13.9. The fraction of sp³-hybridized carbons (Fsp3) is 0.486. The van der Waals surface area contributed by atoms with Gasteiger partial charge in [0.15, 0.2) is 0 Å². The second-order valence-corrected chi connectivity index (χ2v) is 13.4. The van der Waals surface area contributed by atoms with E-state index in [-0.39, 0.29) is 23.8 Å². The molecule has 3 aromatic rings. The van der Waals surface area contributed by atoms with Crippen molar-refractivity contribution in [2.75, 3.05) is 20.7 Å². The molecule has 0 radical (unpaired) electrons. The number of fused-ring (bicyclic) bond motifs is 3. The topological polar surface area (TPSA) is 90.8 Å². The second-order valence-electron chi connectivity index (χ2n) is 12.6. The molecule has 2 aromatic heterocycles. The number of nitrogens with zero attached hydrogens (tertiary/aromatic N) is 3. The van der Waals surface area contributed by atoms with Crippen LogP contribution in [0.4, 0.5) is 0 Å². The minimum atomic E-state index is -0.341. The molecular weight excluding hydrogens is 574 g/mol. The van der Waals surface area contributed by atoms with Gasteiger partial charge in [-0.3, -0.25) is 9.59 Å². The van der Waals surface area contributed by atoms with Gasteiger partial charge >= 0.3 is 0 Å². The number of hydrogen-bond acceptors (Lipinski definition) is 8. The Labute approximate surface area is 263 Å². The van der Waals surface area contributed by atoms with E-state index >= 15 is 0 Å². The number of pyridine rings is 1. The fourth-order valence-corrected chi connectivity index (χ4v) is 7.42. The van der Waals surface area contributed by atoms with E-state index in [4.69, 9.17) is 24.2 Å². The highest BCUT2D eigenvalue weighted by atomic mass is 32.1. The van der Waals surface area contributed by atoms with Gasteiger partial charge in [0.25, 0.3) is 6.47 Å². The van der Waals surface area contributed by atoms with Gasteiger partial charge in [-0.15, -0.1) is 11.3 Å². The van der Waals surface area contributed by atoms with E-state index in [9.17, 15) is 9.59 Å². The molecule has 2 saturated carbocycles. The first kappa shape index (κ1) is 30.3. The van der Waals surface area contributed by atoms with Gasteiger partial charge in [-0.25, -0.2) is 9.97 Å². The van der Waals surface area contributed by atoms with Crippen LogP contribution in [-0.2, 0) is 14.3 Å². The first-order valence-electron chi connectivity index (χ1n) is 15.7. The lowest BCUT2D eigenvalue weighted by molar-refractivity contribution is -0.136. The Kier molecular flexibility index (Phi) is 9.03. The largest absolute Gasteiger partial charge is 0.497 e. The summed E-state index contributed by atoms with van der Waals surface area (Å²) in [5.41, 5.74) is 2.52. The number of benzene rings is 1. The number of amides is 1. The number of methoxy groups -OCH3 is 1. The molecule has 3 heterocycles. The zero-order valence-electron chi connectivity index (χ0n) is 25.9. The van der Waals surface area contributed by atoms with Crippen molar-refractivity contribution in [3.63, 3.8) is 0 Å². The predicted molar refractivity (Wildman–Crippen MR) is 172 cm³/mol. The van der Waals surface area contributed by atoms with Gasteiger partial charge in [0.1, 0.15) is 34.1 Å². The molecule has 3 aliphatic rings. The Bertz CT molecular complexity index is 1580. The van der Waals surface area contributed by atoms with Crippen LogP contribution in [0.2, 0.25) is 0 Å². The minimum absolute atomic E-state index is 0.0791. The van der Waals surface area contributed by atoms with Gasteiger partial charge in [-0.1, -0.05) is 26.0 Å². The number of aromatic nitrogens is 2. The zero-order valence-corrected chi connectivity index (χ0v) is 26.7. The van der Waals surface area contributed by atoms with Crippen LogP contribution in [0.3, 0.4) is 0 Å². The summed E-state index contributed by atoms with van der Waals surface area (Å²) in [4.78, 5) is 37.2. The van der Waals surface area contributed by atoms with Crippen molar-refractivity contribution < 1.29 is 23.8 Å². The minimum Gasteiger partial charge on any atom is -0.497 e. The molecule has 0 bridgehead atoms. The first-order valence-corrected chi connectivity index (χ1v) is 16.6. The summed E-state index contributed by atoms with van der Waals surface area (Å²) in [6.45, 7) is 5.45. The Morgan fingerprint density at radius 3 is 2.68 bits per heavy atom. The van der Waals surface area contributed by atoms with Gasteiger partial charge in [-0.05, 0) is 74.5 Å². The van der Waals surface area contributed by atoms with Gasteiger partial charge < -0.3 is 19.1 Å². The lowest BCUT2D eigenvalue weighted by Gasteiger charge is -2.25. The Morgan fingerprint density at radius 2 is 1.91 bits per heavy atom. The number of hydrogen-bond donors (Lipinski definition) is 0. The number of ether oxygens (including phenoxy) is 3. The number of thiazole rings is 1. The Balaban J connectivity index is 1.35. The van der Waals surface area contributed by atoms with E-state index in [0.29, 0.717) is 60.9 Å². The SMILES string of the molecule is COc1ccc2c(O[C@H]3C[C@H]4C(=O)N(C)CCCC/C=C\[C@@H]5CC5/C=C(/OC=O)[C@@H]4C3)cc(-c3nc(C(C)C)cs3)nc2c1. The molecule has 2 fully saturated rings. The van der Waals surface area contributed by atoms with Crippen molar-refractivity contribution in [2.45, 2.75) is 64.4 Å². The number of carbonyl (C=O) groups is 2. The van der Waals surface area contributed by atoms with Crippen LogP contribution in [0.15, 0.2) is 53.6 Å². The van der Waals surface area contributed by atoms with Gasteiger partial charge in [-0.2, -0.15) is 0 Å². The normalized spacial score (nSPS) is 27.6. The first-order chi connectivity index (χ1) is 21.3. The zero-order chi connectivity index (χ0) is 30.8. The van der Waals surface area contributed by atoms with Crippen molar-refractivity contribution in [1.29, 1.82) is 0 Å². The highest BCUT2D eigenvalue weighted by molar-refractivity contribution is 7.13. The smallest absolute Gasteiger partial charge is 0.298 e. The molecule has 0 saturated heterocycles. The molecule has 8 nitrogen and oxygen atoms in total. The summed E-state index contributed by atoms with van der Waals surface area (Å²) < 4.78 is 17.9. The molecular formula is C35H41N3O5S. The lowest BCUT2D eigenvalue weighted by atomic mass is 9.91. The quantitative estimate of drug-likeness (QED) is 0.206. The van der Waals surface area contributed by atoms with Crippen molar-refractivity contribution in [3.05, 3.63) is 59.3 Å². The van der Waals surface area contributed by atoms with Gasteiger partial charge in [0, 0.05) is 42.4 Å². The molecule has 1 aromatic carbocycles. The molecule has 5 atom stereocenters. The van der Waals surface area contributed by atoms with E-state index < -0.39 is 0 Å². The molecule has 1 amide bonds. The van der Waals surface area contributed by atoms with E-state index in [1.165, 1.54) is 0 Å². The number of allylic oxidation sites excluding steroid dienone is 4. The molecule has 9 heteroatoms. The number of carbonyl (C=O) groups excluding carboxylic acids is 2. The lowest BCUT2D eigenvalue weighted by Crippen LogP contribution is -2.36. The van der Waals surface area contributed by atoms with Crippen LogP contribution in [-0.4, -0.2) is 54.1 Å². The third kappa shape index (κ3) is 6.53. The Morgan fingerprint density at radius 1 is 1.07 bits per heavy atom. The van der Waals surface area contributed by atoms with Crippen LogP contribution < -0.4 is 9.47 Å². The van der Waals surface area contributed by atoms with E-state index in [0.717, 1.165) is 53.0 Å². The van der Waals surface area contributed by atoms with Gasteiger partial charge in [0.05, 0.1) is 24.2 Å². The molecule has 44 heavy (non-hydrogen) atoms. The van der Waals surface area contributed by atoms with Crippen LogP contribution in [0.5, 0.6) is 11.5 Å². The van der Waals surface area contributed by atoms with Crippen LogP contribution in [0.1, 0.15) is 64.0 Å². The molecule has 1 aliphatic heterocycles. The van der Waals surface area contributed by atoms with Gasteiger partial charge in [0.2, 0.25) is 5.91 Å².